The number of hydrogen-bond acceptors (Lipinski definition) is 4. The lowest BCUT2D eigenvalue weighted by molar-refractivity contribution is 0.0593. The summed E-state index contributed by atoms with van der Waals surface area (Å²) in [6.45, 7) is 0. The molecule has 6 heteroatoms. The van der Waals surface area contributed by atoms with Crippen LogP contribution in [0.4, 0.5) is 0 Å². The monoisotopic (exact) mass is 219 g/mol. The number of imidazole rings is 1. The summed E-state index contributed by atoms with van der Waals surface area (Å²) in [4.78, 5) is 28.9. The Morgan fingerprint density at radius 2 is 2.31 bits per heavy atom. The van der Waals surface area contributed by atoms with Crippen molar-refractivity contribution in [1.82, 2.24) is 14.5 Å². The van der Waals surface area contributed by atoms with Crippen molar-refractivity contribution in [1.29, 1.82) is 0 Å². The summed E-state index contributed by atoms with van der Waals surface area (Å²) in [5.74, 6) is -0.584. The highest BCUT2D eigenvalue weighted by Crippen LogP contribution is 2.06. The van der Waals surface area contributed by atoms with Crippen LogP contribution in [0.5, 0.6) is 0 Å². The maximum Gasteiger partial charge on any atom is 0.354 e. The number of nitrogens with one attached hydrogen (secondary N) is 1. The Kier molecular flexibility index (Phi) is 2.55. The highest BCUT2D eigenvalue weighted by Gasteiger charge is 2.08. The van der Waals surface area contributed by atoms with Crippen molar-refractivity contribution in [3.05, 3.63) is 46.9 Å². The van der Waals surface area contributed by atoms with Gasteiger partial charge in [-0.25, -0.2) is 9.78 Å². The maximum atomic E-state index is 11.3. The Labute approximate surface area is 90.5 Å². The number of H-pyrrole nitrogens is 1. The number of aromatic amines is 1. The molecule has 0 aliphatic rings. The summed E-state index contributed by atoms with van der Waals surface area (Å²) in [5.41, 5.74) is 0.298. The highest BCUT2D eigenvalue weighted by atomic mass is 16.5. The van der Waals surface area contributed by atoms with Gasteiger partial charge in [0.05, 0.1) is 19.1 Å². The van der Waals surface area contributed by atoms with Gasteiger partial charge in [0.15, 0.2) is 0 Å². The third-order valence-electron chi connectivity index (χ3n) is 2.04. The van der Waals surface area contributed by atoms with Crippen LogP contribution in [0.25, 0.3) is 5.69 Å². The molecule has 0 unspecified atom stereocenters. The molecule has 6 nitrogen and oxygen atoms in total. The van der Waals surface area contributed by atoms with Gasteiger partial charge in [-0.15, -0.1) is 0 Å². The molecule has 82 valence electrons. The molecule has 1 N–H and O–H groups in total. The van der Waals surface area contributed by atoms with E-state index in [9.17, 15) is 9.59 Å². The van der Waals surface area contributed by atoms with Crippen LogP contribution in [0.2, 0.25) is 0 Å². The molecular formula is C10H9N3O3. The van der Waals surface area contributed by atoms with Gasteiger partial charge in [0.2, 0.25) is 0 Å². The second-order valence-electron chi connectivity index (χ2n) is 3.08. The minimum Gasteiger partial charge on any atom is -0.464 e. The summed E-state index contributed by atoms with van der Waals surface area (Å²) < 4.78 is 6.16. The molecule has 0 amide bonds. The van der Waals surface area contributed by atoms with Gasteiger partial charge in [-0.1, -0.05) is 0 Å². The van der Waals surface area contributed by atoms with Gasteiger partial charge in [-0.2, -0.15) is 0 Å². The van der Waals surface area contributed by atoms with E-state index in [1.165, 1.54) is 25.6 Å². The Hall–Kier alpha value is -2.37. The van der Waals surface area contributed by atoms with Crippen LogP contribution < -0.4 is 5.56 Å². The molecule has 0 radical (unpaired) electrons. The van der Waals surface area contributed by atoms with E-state index in [1.54, 1.807) is 17.0 Å². The molecule has 2 aromatic rings. The Morgan fingerprint density at radius 3 is 2.94 bits per heavy atom. The summed E-state index contributed by atoms with van der Waals surface area (Å²) >= 11 is 0. The summed E-state index contributed by atoms with van der Waals surface area (Å²) in [5, 5.41) is 0. The van der Waals surface area contributed by atoms with Crippen molar-refractivity contribution >= 4 is 5.97 Å². The molecule has 0 aromatic carbocycles. The standard InChI is InChI=1S/C10H9N3O3/c1-16-10(15)8-4-7(5-9(14)12-8)13-3-2-11-6-13/h2-6H,1H3,(H,12,14). The Bertz CT molecular complexity index is 557. The maximum absolute atomic E-state index is 11.3. The fourth-order valence-corrected chi connectivity index (χ4v) is 1.31. The van der Waals surface area contributed by atoms with Crippen molar-refractivity contribution in [2.45, 2.75) is 0 Å². The average Bonchev–Trinajstić information content (AvgIpc) is 2.80. The van der Waals surface area contributed by atoms with E-state index in [4.69, 9.17) is 0 Å². The van der Waals surface area contributed by atoms with Crippen LogP contribution in [0, 0.1) is 0 Å². The van der Waals surface area contributed by atoms with Crippen LogP contribution in [0.3, 0.4) is 0 Å². The van der Waals surface area contributed by atoms with Gasteiger partial charge in [-0.05, 0) is 6.07 Å². The zero-order chi connectivity index (χ0) is 11.5. The molecular weight excluding hydrogens is 210 g/mol. The average molecular weight is 219 g/mol. The first-order valence-electron chi connectivity index (χ1n) is 4.52. The van der Waals surface area contributed by atoms with E-state index in [0.717, 1.165) is 0 Å². The van der Waals surface area contributed by atoms with E-state index >= 15 is 0 Å². The van der Waals surface area contributed by atoms with E-state index in [1.807, 2.05) is 0 Å². The molecule has 0 saturated carbocycles. The molecule has 0 bridgehead atoms. The quantitative estimate of drug-likeness (QED) is 0.739. The number of nitrogens with zero attached hydrogens (tertiary/aromatic N) is 2. The third kappa shape index (κ3) is 1.85. The highest BCUT2D eigenvalue weighted by molar-refractivity contribution is 5.87. The van der Waals surface area contributed by atoms with Gasteiger partial charge in [-0.3, -0.25) is 4.79 Å². The zero-order valence-electron chi connectivity index (χ0n) is 8.51. The minimum atomic E-state index is -0.584. The number of esters is 1. The first kappa shape index (κ1) is 10.2. The zero-order valence-corrected chi connectivity index (χ0v) is 8.51. The Morgan fingerprint density at radius 1 is 1.50 bits per heavy atom. The predicted molar refractivity (Wildman–Crippen MR) is 55.5 cm³/mol. The van der Waals surface area contributed by atoms with Crippen molar-refractivity contribution in [2.24, 2.45) is 0 Å². The normalized spacial score (nSPS) is 10.1. The molecule has 2 heterocycles. The van der Waals surface area contributed by atoms with Crippen LogP contribution in [-0.2, 0) is 4.74 Å². The molecule has 0 spiro atoms. The van der Waals surface area contributed by atoms with E-state index in [2.05, 4.69) is 14.7 Å². The number of carbonyl (C=O) groups excluding carboxylic acids is 1. The van der Waals surface area contributed by atoms with Crippen LogP contribution in [0.1, 0.15) is 10.5 Å². The molecule has 0 fully saturated rings. The number of carbonyl (C=O) groups is 1. The largest absolute Gasteiger partial charge is 0.464 e. The molecule has 2 aromatic heterocycles. The SMILES string of the molecule is COC(=O)c1cc(-n2ccnc2)cc(=O)[nH]1. The number of ether oxygens (including phenoxy) is 1. The molecule has 0 aliphatic carbocycles. The van der Waals surface area contributed by atoms with Crippen molar-refractivity contribution in [2.75, 3.05) is 7.11 Å². The predicted octanol–water partition coefficient (Wildman–Crippen LogP) is 0.347. The fourth-order valence-electron chi connectivity index (χ4n) is 1.31. The van der Waals surface area contributed by atoms with Crippen molar-refractivity contribution < 1.29 is 9.53 Å². The van der Waals surface area contributed by atoms with Gasteiger partial charge in [0.1, 0.15) is 5.69 Å². The molecule has 0 atom stereocenters. The van der Waals surface area contributed by atoms with Crippen molar-refractivity contribution in [3.63, 3.8) is 0 Å². The lowest BCUT2D eigenvalue weighted by Gasteiger charge is -2.03. The van der Waals surface area contributed by atoms with E-state index < -0.39 is 5.97 Å². The molecule has 0 saturated heterocycles. The smallest absolute Gasteiger partial charge is 0.354 e. The summed E-state index contributed by atoms with van der Waals surface area (Å²) in [6, 6.07) is 2.89. The lowest BCUT2D eigenvalue weighted by atomic mass is 10.3. The van der Waals surface area contributed by atoms with Crippen LogP contribution in [0.15, 0.2) is 35.6 Å². The number of pyridine rings is 1. The second-order valence-corrected chi connectivity index (χ2v) is 3.08. The van der Waals surface area contributed by atoms with Gasteiger partial charge < -0.3 is 14.3 Å². The number of aromatic nitrogens is 3. The number of methoxy groups -OCH3 is 1. The topological polar surface area (TPSA) is 77.0 Å². The fraction of sp³-hybridized carbons (Fsp3) is 0.100. The molecule has 2 rings (SSSR count). The van der Waals surface area contributed by atoms with Crippen LogP contribution in [-0.4, -0.2) is 27.6 Å². The first-order chi connectivity index (χ1) is 7.70. The van der Waals surface area contributed by atoms with Crippen LogP contribution >= 0.6 is 0 Å². The summed E-state index contributed by atoms with van der Waals surface area (Å²) in [6.07, 6.45) is 4.80. The van der Waals surface area contributed by atoms with Crippen molar-refractivity contribution in [3.8, 4) is 5.69 Å². The van der Waals surface area contributed by atoms with Gasteiger partial charge in [0, 0.05) is 18.5 Å². The summed E-state index contributed by atoms with van der Waals surface area (Å²) in [7, 11) is 1.25. The van der Waals surface area contributed by atoms with Gasteiger partial charge in [0.25, 0.3) is 5.56 Å². The second kappa shape index (κ2) is 4.01. The van der Waals surface area contributed by atoms with E-state index in [-0.39, 0.29) is 11.3 Å². The number of hydrogen-bond donors (Lipinski definition) is 1. The van der Waals surface area contributed by atoms with E-state index in [0.29, 0.717) is 5.69 Å². The third-order valence-corrected chi connectivity index (χ3v) is 2.04. The molecule has 16 heavy (non-hydrogen) atoms. The molecule has 0 aliphatic heterocycles. The first-order valence-corrected chi connectivity index (χ1v) is 4.52. The minimum absolute atomic E-state index is 0.110. The van der Waals surface area contributed by atoms with Gasteiger partial charge >= 0.3 is 5.97 Å². The number of rotatable bonds is 2. The lowest BCUT2D eigenvalue weighted by Crippen LogP contribution is -2.14. The Balaban J connectivity index is 2.53.